The molecule has 0 radical (unpaired) electrons. The van der Waals surface area contributed by atoms with Crippen LogP contribution in [0.15, 0.2) is 140 Å². The summed E-state index contributed by atoms with van der Waals surface area (Å²) in [5.41, 5.74) is 15.3. The summed E-state index contributed by atoms with van der Waals surface area (Å²) in [6.07, 6.45) is 8.92. The summed E-state index contributed by atoms with van der Waals surface area (Å²) in [5, 5.41) is 3.61. The first-order chi connectivity index (χ1) is 20.8. The van der Waals surface area contributed by atoms with Crippen molar-refractivity contribution < 1.29 is 0 Å². The SMILES string of the molecule is C1=Cc2cc(-c3ccc4c(c3)C=Cc3cc(-c5ccccc5)ccc3N4c3ccccc3)ccc2Nc2ccccc21. The van der Waals surface area contributed by atoms with Gasteiger partial charge in [0.05, 0.1) is 11.4 Å². The molecular formula is C40H28N2. The maximum atomic E-state index is 3.61. The number of hydrogen-bond acceptors (Lipinski definition) is 2. The number of para-hydroxylation sites is 2. The third-order valence-electron chi connectivity index (χ3n) is 8.16. The Kier molecular flexibility index (Phi) is 5.82. The molecule has 0 spiro atoms. The van der Waals surface area contributed by atoms with Crippen LogP contribution in [0.3, 0.4) is 0 Å². The van der Waals surface area contributed by atoms with Crippen molar-refractivity contribution in [3.05, 3.63) is 162 Å². The van der Waals surface area contributed by atoms with Gasteiger partial charge in [0.25, 0.3) is 0 Å². The molecule has 0 aliphatic carbocycles. The standard InChI is InChI=1S/C40H28N2/c1-3-9-28(10-4-1)30-20-23-39-34(26-30)17-18-35-27-32(21-24-40(35)42(39)36-12-5-2-6-13-36)31-19-22-38-33(25-31)16-15-29-11-7-8-14-37(29)41-38/h1-27,41H. The largest absolute Gasteiger partial charge is 0.355 e. The normalized spacial score (nSPS) is 12.7. The molecule has 6 aromatic carbocycles. The van der Waals surface area contributed by atoms with Gasteiger partial charge in [-0.1, -0.05) is 109 Å². The second-order valence-corrected chi connectivity index (χ2v) is 10.8. The summed E-state index contributed by atoms with van der Waals surface area (Å²) in [5.74, 6) is 0. The van der Waals surface area contributed by atoms with Crippen molar-refractivity contribution in [3.63, 3.8) is 0 Å². The lowest BCUT2D eigenvalue weighted by atomic mass is 9.98. The van der Waals surface area contributed by atoms with Crippen molar-refractivity contribution in [3.8, 4) is 22.3 Å². The maximum Gasteiger partial charge on any atom is 0.0534 e. The van der Waals surface area contributed by atoms with Crippen LogP contribution in [0.5, 0.6) is 0 Å². The topological polar surface area (TPSA) is 15.3 Å². The van der Waals surface area contributed by atoms with E-state index in [4.69, 9.17) is 0 Å². The van der Waals surface area contributed by atoms with Gasteiger partial charge in [0.15, 0.2) is 0 Å². The molecule has 0 bridgehead atoms. The number of hydrogen-bond donors (Lipinski definition) is 1. The molecule has 198 valence electrons. The first-order valence-electron chi connectivity index (χ1n) is 14.4. The van der Waals surface area contributed by atoms with Gasteiger partial charge in [-0.2, -0.15) is 0 Å². The summed E-state index contributed by atoms with van der Waals surface area (Å²) >= 11 is 0. The molecule has 0 amide bonds. The molecule has 2 heteroatoms. The van der Waals surface area contributed by atoms with E-state index in [1.165, 1.54) is 55.9 Å². The predicted molar refractivity (Wildman–Crippen MR) is 180 cm³/mol. The molecule has 2 heterocycles. The van der Waals surface area contributed by atoms with E-state index >= 15 is 0 Å². The van der Waals surface area contributed by atoms with Crippen LogP contribution in [0.25, 0.3) is 46.6 Å². The number of anilines is 5. The zero-order chi connectivity index (χ0) is 27.9. The number of rotatable bonds is 3. The molecule has 42 heavy (non-hydrogen) atoms. The highest BCUT2D eigenvalue weighted by atomic mass is 15.1. The van der Waals surface area contributed by atoms with Crippen molar-refractivity contribution in [2.24, 2.45) is 0 Å². The number of nitrogens with zero attached hydrogens (tertiary/aromatic N) is 1. The third kappa shape index (κ3) is 4.31. The van der Waals surface area contributed by atoms with E-state index in [2.05, 4.69) is 174 Å². The Balaban J connectivity index is 1.23. The molecule has 2 aliphatic rings. The van der Waals surface area contributed by atoms with Crippen LogP contribution in [0.4, 0.5) is 28.4 Å². The van der Waals surface area contributed by atoms with Gasteiger partial charge in [0.2, 0.25) is 0 Å². The number of benzene rings is 6. The zero-order valence-electron chi connectivity index (χ0n) is 23.0. The fourth-order valence-corrected chi connectivity index (χ4v) is 6.01. The molecule has 2 nitrogen and oxygen atoms in total. The highest BCUT2D eigenvalue weighted by Crippen LogP contribution is 2.44. The van der Waals surface area contributed by atoms with Gasteiger partial charge >= 0.3 is 0 Å². The molecule has 2 aliphatic heterocycles. The van der Waals surface area contributed by atoms with Crippen LogP contribution in [-0.2, 0) is 0 Å². The smallest absolute Gasteiger partial charge is 0.0534 e. The van der Waals surface area contributed by atoms with Crippen molar-refractivity contribution in [2.75, 3.05) is 10.2 Å². The Labute approximate surface area is 246 Å². The van der Waals surface area contributed by atoms with Gasteiger partial charge in [-0.25, -0.2) is 0 Å². The molecule has 0 aromatic heterocycles. The minimum atomic E-state index is 1.12. The van der Waals surface area contributed by atoms with Crippen LogP contribution in [0.1, 0.15) is 22.3 Å². The van der Waals surface area contributed by atoms with Crippen molar-refractivity contribution >= 4 is 52.7 Å². The lowest BCUT2D eigenvalue weighted by Gasteiger charge is -2.28. The second kappa shape index (κ2) is 10.1. The summed E-state index contributed by atoms with van der Waals surface area (Å²) in [4.78, 5) is 2.38. The molecule has 1 N–H and O–H groups in total. The van der Waals surface area contributed by atoms with E-state index in [9.17, 15) is 0 Å². The lowest BCUT2D eigenvalue weighted by Crippen LogP contribution is -2.11. The average Bonchev–Trinajstić information content (AvgIpc) is 3.34. The van der Waals surface area contributed by atoms with Gasteiger partial charge < -0.3 is 10.2 Å². The number of fused-ring (bicyclic) bond motifs is 4. The molecule has 8 rings (SSSR count). The van der Waals surface area contributed by atoms with Crippen LogP contribution in [0, 0.1) is 0 Å². The van der Waals surface area contributed by atoms with Gasteiger partial charge in [-0.05, 0) is 99.1 Å². The van der Waals surface area contributed by atoms with E-state index in [-0.39, 0.29) is 0 Å². The fourth-order valence-electron chi connectivity index (χ4n) is 6.01. The summed E-state index contributed by atoms with van der Waals surface area (Å²) in [7, 11) is 0. The molecule has 0 unspecified atom stereocenters. The monoisotopic (exact) mass is 536 g/mol. The molecular weight excluding hydrogens is 508 g/mol. The second-order valence-electron chi connectivity index (χ2n) is 10.8. The minimum Gasteiger partial charge on any atom is -0.355 e. The minimum absolute atomic E-state index is 1.12. The highest BCUT2D eigenvalue weighted by molar-refractivity contribution is 5.96. The molecule has 0 saturated carbocycles. The Morgan fingerprint density at radius 1 is 0.357 bits per heavy atom. The quantitative estimate of drug-likeness (QED) is 0.242. The fraction of sp³-hybridized carbons (Fsp3) is 0. The van der Waals surface area contributed by atoms with E-state index < -0.39 is 0 Å². The van der Waals surface area contributed by atoms with Crippen molar-refractivity contribution in [1.82, 2.24) is 0 Å². The van der Waals surface area contributed by atoms with Crippen LogP contribution in [0.2, 0.25) is 0 Å². The summed E-state index contributed by atoms with van der Waals surface area (Å²) in [6, 6.07) is 49.9. The highest BCUT2D eigenvalue weighted by Gasteiger charge is 2.21. The summed E-state index contributed by atoms with van der Waals surface area (Å²) in [6.45, 7) is 0. The van der Waals surface area contributed by atoms with Gasteiger partial charge in [0.1, 0.15) is 0 Å². The average molecular weight is 537 g/mol. The van der Waals surface area contributed by atoms with E-state index in [1.807, 2.05) is 0 Å². The first kappa shape index (κ1) is 24.2. The van der Waals surface area contributed by atoms with Crippen LogP contribution < -0.4 is 10.2 Å². The molecule has 0 saturated heterocycles. The lowest BCUT2D eigenvalue weighted by molar-refractivity contribution is 1.28. The third-order valence-corrected chi connectivity index (χ3v) is 8.16. The van der Waals surface area contributed by atoms with Crippen LogP contribution in [-0.4, -0.2) is 0 Å². The predicted octanol–water partition coefficient (Wildman–Crippen LogP) is 11.2. The maximum absolute atomic E-state index is 3.61. The van der Waals surface area contributed by atoms with Crippen molar-refractivity contribution in [1.29, 1.82) is 0 Å². The van der Waals surface area contributed by atoms with Gasteiger partial charge in [-0.3, -0.25) is 0 Å². The number of nitrogens with one attached hydrogen (secondary N) is 1. The van der Waals surface area contributed by atoms with E-state index in [0.29, 0.717) is 0 Å². The Morgan fingerprint density at radius 2 is 0.857 bits per heavy atom. The Bertz CT molecular complexity index is 2000. The first-order valence-corrected chi connectivity index (χ1v) is 14.4. The zero-order valence-corrected chi connectivity index (χ0v) is 23.0. The van der Waals surface area contributed by atoms with Crippen molar-refractivity contribution in [2.45, 2.75) is 0 Å². The Hall–Kier alpha value is -5.60. The van der Waals surface area contributed by atoms with Crippen LogP contribution >= 0.6 is 0 Å². The van der Waals surface area contributed by atoms with E-state index in [1.54, 1.807) is 0 Å². The molecule has 6 aromatic rings. The van der Waals surface area contributed by atoms with E-state index in [0.717, 1.165) is 17.1 Å². The summed E-state index contributed by atoms with van der Waals surface area (Å²) < 4.78 is 0. The Morgan fingerprint density at radius 3 is 1.57 bits per heavy atom. The molecule has 0 atom stereocenters. The van der Waals surface area contributed by atoms with Gasteiger partial charge in [0, 0.05) is 17.1 Å². The molecule has 0 fully saturated rings. The van der Waals surface area contributed by atoms with Gasteiger partial charge in [-0.15, -0.1) is 0 Å².